The first-order valence-corrected chi connectivity index (χ1v) is 8.50. The van der Waals surface area contributed by atoms with Gasteiger partial charge in [-0.15, -0.1) is 0 Å². The molecular weight excluding hydrogens is 330 g/mol. The summed E-state index contributed by atoms with van der Waals surface area (Å²) in [5.41, 5.74) is 0.958. The molecule has 1 fully saturated rings. The van der Waals surface area contributed by atoms with Gasteiger partial charge in [0.05, 0.1) is 23.3 Å². The lowest BCUT2D eigenvalue weighted by molar-refractivity contribution is -0.00138. The molecule has 0 bridgehead atoms. The largest absolute Gasteiger partial charge is 0.375 e. The molecule has 2 rings (SSSR count). The van der Waals surface area contributed by atoms with Crippen molar-refractivity contribution in [2.45, 2.75) is 26.9 Å². The number of urea groups is 1. The summed E-state index contributed by atoms with van der Waals surface area (Å²) in [4.78, 5) is 26.0. The van der Waals surface area contributed by atoms with Crippen molar-refractivity contribution >= 4 is 29.2 Å². The van der Waals surface area contributed by atoms with E-state index in [2.05, 4.69) is 10.6 Å². The number of ether oxygens (including phenoxy) is 1. The summed E-state index contributed by atoms with van der Waals surface area (Å²) in [5, 5.41) is 5.94. The topological polar surface area (TPSA) is 70.7 Å². The number of hydrogen-bond acceptors (Lipinski definition) is 3. The van der Waals surface area contributed by atoms with Crippen LogP contribution in [0, 0.1) is 5.92 Å². The third-order valence-electron chi connectivity index (χ3n) is 3.66. The fourth-order valence-electron chi connectivity index (χ4n) is 2.37. The highest BCUT2D eigenvalue weighted by molar-refractivity contribution is 6.34. The maximum atomic E-state index is 12.3. The van der Waals surface area contributed by atoms with E-state index in [1.807, 2.05) is 20.8 Å². The lowest BCUT2D eigenvalue weighted by Gasteiger charge is -2.31. The van der Waals surface area contributed by atoms with Gasteiger partial charge in [-0.2, -0.15) is 0 Å². The van der Waals surface area contributed by atoms with Gasteiger partial charge in [0.2, 0.25) is 0 Å². The number of benzene rings is 1. The van der Waals surface area contributed by atoms with Crippen molar-refractivity contribution in [3.63, 3.8) is 0 Å². The second kappa shape index (κ2) is 8.35. The quantitative estimate of drug-likeness (QED) is 0.874. The SMILES string of the molecule is CC(C)CNC(=O)c1ccc(NC(=O)N2CCOC(C)C2)cc1Cl. The van der Waals surface area contributed by atoms with Crippen LogP contribution >= 0.6 is 11.6 Å². The van der Waals surface area contributed by atoms with Crippen LogP contribution in [0.25, 0.3) is 0 Å². The van der Waals surface area contributed by atoms with E-state index >= 15 is 0 Å². The zero-order chi connectivity index (χ0) is 17.7. The Bertz CT molecular complexity index is 607. The molecule has 1 saturated heterocycles. The predicted octanol–water partition coefficient (Wildman–Crippen LogP) is 2.98. The Hall–Kier alpha value is -1.79. The Balaban J connectivity index is 1.98. The van der Waals surface area contributed by atoms with Crippen molar-refractivity contribution in [2.75, 3.05) is 31.6 Å². The number of anilines is 1. The van der Waals surface area contributed by atoms with E-state index in [0.29, 0.717) is 48.4 Å². The molecule has 0 radical (unpaired) electrons. The molecule has 1 aliphatic heterocycles. The number of carbonyl (C=O) groups excluding carboxylic acids is 2. The number of nitrogens with one attached hydrogen (secondary N) is 2. The standard InChI is InChI=1S/C17H24ClN3O3/c1-11(2)9-19-16(22)14-5-4-13(8-15(14)18)20-17(23)21-6-7-24-12(3)10-21/h4-5,8,11-12H,6-7,9-10H2,1-3H3,(H,19,22)(H,20,23). The first-order chi connectivity index (χ1) is 11.4. The Morgan fingerprint density at radius 1 is 1.42 bits per heavy atom. The highest BCUT2D eigenvalue weighted by Gasteiger charge is 2.21. The molecule has 1 aromatic rings. The fraction of sp³-hybridized carbons (Fsp3) is 0.529. The van der Waals surface area contributed by atoms with Gasteiger partial charge in [-0.05, 0) is 31.0 Å². The van der Waals surface area contributed by atoms with Crippen molar-refractivity contribution in [1.29, 1.82) is 0 Å². The van der Waals surface area contributed by atoms with Gasteiger partial charge in [0.25, 0.3) is 5.91 Å². The first-order valence-electron chi connectivity index (χ1n) is 8.12. The van der Waals surface area contributed by atoms with Crippen LogP contribution in [0.3, 0.4) is 0 Å². The summed E-state index contributed by atoms with van der Waals surface area (Å²) in [6, 6.07) is 4.69. The molecular formula is C17H24ClN3O3. The molecule has 0 saturated carbocycles. The molecule has 0 aliphatic carbocycles. The van der Waals surface area contributed by atoms with Crippen molar-refractivity contribution in [3.05, 3.63) is 28.8 Å². The summed E-state index contributed by atoms with van der Waals surface area (Å²) >= 11 is 6.19. The normalized spacial score (nSPS) is 17.7. The number of carbonyl (C=O) groups is 2. The van der Waals surface area contributed by atoms with Gasteiger partial charge in [0, 0.05) is 25.3 Å². The monoisotopic (exact) mass is 353 g/mol. The van der Waals surface area contributed by atoms with Crippen LogP contribution in [-0.4, -0.2) is 49.2 Å². The van der Waals surface area contributed by atoms with Crippen LogP contribution in [0.5, 0.6) is 0 Å². The minimum absolute atomic E-state index is 0.0279. The minimum atomic E-state index is -0.214. The average molecular weight is 354 g/mol. The van der Waals surface area contributed by atoms with Gasteiger partial charge in [-0.1, -0.05) is 25.4 Å². The summed E-state index contributed by atoms with van der Waals surface area (Å²) in [6.45, 7) is 8.20. The Kier molecular flexibility index (Phi) is 6.45. The molecule has 0 spiro atoms. The van der Waals surface area contributed by atoms with Crippen molar-refractivity contribution < 1.29 is 14.3 Å². The van der Waals surface area contributed by atoms with E-state index in [4.69, 9.17) is 16.3 Å². The Morgan fingerprint density at radius 3 is 2.79 bits per heavy atom. The van der Waals surface area contributed by atoms with Gasteiger partial charge in [0.15, 0.2) is 0 Å². The molecule has 2 N–H and O–H groups in total. The lowest BCUT2D eigenvalue weighted by atomic mass is 10.1. The van der Waals surface area contributed by atoms with E-state index in [0.717, 1.165) is 0 Å². The molecule has 1 aromatic carbocycles. The molecule has 7 heteroatoms. The van der Waals surface area contributed by atoms with Crippen LogP contribution in [0.15, 0.2) is 18.2 Å². The van der Waals surface area contributed by atoms with Gasteiger partial charge in [0.1, 0.15) is 0 Å². The number of nitrogens with zero attached hydrogens (tertiary/aromatic N) is 1. The molecule has 132 valence electrons. The number of morpholine rings is 1. The zero-order valence-electron chi connectivity index (χ0n) is 14.3. The van der Waals surface area contributed by atoms with Crippen molar-refractivity contribution in [2.24, 2.45) is 5.92 Å². The molecule has 1 heterocycles. The molecule has 24 heavy (non-hydrogen) atoms. The van der Waals surface area contributed by atoms with Gasteiger partial charge < -0.3 is 20.3 Å². The number of hydrogen-bond donors (Lipinski definition) is 2. The third-order valence-corrected chi connectivity index (χ3v) is 3.98. The second-order valence-corrected chi connectivity index (χ2v) is 6.76. The number of amides is 3. The lowest BCUT2D eigenvalue weighted by Crippen LogP contribution is -2.46. The molecule has 1 aliphatic rings. The summed E-state index contributed by atoms with van der Waals surface area (Å²) in [7, 11) is 0. The molecule has 1 unspecified atom stereocenters. The van der Waals surface area contributed by atoms with Crippen molar-refractivity contribution in [1.82, 2.24) is 10.2 Å². The fourth-order valence-corrected chi connectivity index (χ4v) is 2.64. The Labute approximate surface area is 147 Å². The molecule has 6 nitrogen and oxygen atoms in total. The highest BCUT2D eigenvalue weighted by Crippen LogP contribution is 2.21. The maximum absolute atomic E-state index is 12.3. The van der Waals surface area contributed by atoms with Crippen molar-refractivity contribution in [3.8, 4) is 0 Å². The summed E-state index contributed by atoms with van der Waals surface area (Å²) in [5.74, 6) is 0.149. The van der Waals surface area contributed by atoms with E-state index in [1.165, 1.54) is 0 Å². The van der Waals surface area contributed by atoms with E-state index in [9.17, 15) is 9.59 Å². The third kappa shape index (κ3) is 5.11. The predicted molar refractivity (Wildman–Crippen MR) is 94.6 cm³/mol. The van der Waals surface area contributed by atoms with E-state index in [-0.39, 0.29) is 18.0 Å². The molecule has 1 atom stereocenters. The van der Waals surface area contributed by atoms with Crippen LogP contribution in [0.4, 0.5) is 10.5 Å². The van der Waals surface area contributed by atoms with Crippen LogP contribution in [0.1, 0.15) is 31.1 Å². The number of rotatable bonds is 4. The Morgan fingerprint density at radius 2 is 2.17 bits per heavy atom. The maximum Gasteiger partial charge on any atom is 0.322 e. The van der Waals surface area contributed by atoms with Gasteiger partial charge in [-0.3, -0.25) is 4.79 Å². The first kappa shape index (κ1) is 18.5. The minimum Gasteiger partial charge on any atom is -0.375 e. The van der Waals surface area contributed by atoms with E-state index in [1.54, 1.807) is 23.1 Å². The van der Waals surface area contributed by atoms with Gasteiger partial charge in [-0.25, -0.2) is 4.79 Å². The number of halogens is 1. The molecule has 3 amide bonds. The summed E-state index contributed by atoms with van der Waals surface area (Å²) < 4.78 is 5.42. The van der Waals surface area contributed by atoms with Gasteiger partial charge >= 0.3 is 6.03 Å². The average Bonchev–Trinajstić information content (AvgIpc) is 2.52. The zero-order valence-corrected chi connectivity index (χ0v) is 15.0. The van der Waals surface area contributed by atoms with Crippen LogP contribution < -0.4 is 10.6 Å². The highest BCUT2D eigenvalue weighted by atomic mass is 35.5. The van der Waals surface area contributed by atoms with Crippen LogP contribution in [-0.2, 0) is 4.74 Å². The molecule has 0 aromatic heterocycles. The van der Waals surface area contributed by atoms with E-state index < -0.39 is 0 Å². The van der Waals surface area contributed by atoms with Crippen LogP contribution in [0.2, 0.25) is 5.02 Å². The summed E-state index contributed by atoms with van der Waals surface area (Å²) in [6.07, 6.45) is 0.0279. The second-order valence-electron chi connectivity index (χ2n) is 6.36. The smallest absolute Gasteiger partial charge is 0.322 e.